The molecule has 0 radical (unpaired) electrons. The highest BCUT2D eigenvalue weighted by Gasteiger charge is 2.26. The summed E-state index contributed by atoms with van der Waals surface area (Å²) in [5.74, 6) is 0.343. The van der Waals surface area contributed by atoms with E-state index in [9.17, 15) is 18.0 Å². The van der Waals surface area contributed by atoms with E-state index in [0.717, 1.165) is 44.3 Å². The summed E-state index contributed by atoms with van der Waals surface area (Å²) in [6.45, 7) is 3.51. The summed E-state index contributed by atoms with van der Waals surface area (Å²) in [5, 5.41) is 12.0. The second kappa shape index (κ2) is 13.9. The Labute approximate surface area is 257 Å². The maximum atomic E-state index is 13.0. The van der Waals surface area contributed by atoms with E-state index in [-0.39, 0.29) is 24.0 Å². The summed E-state index contributed by atoms with van der Waals surface area (Å²) in [6, 6.07) is 19.8. The number of benzene rings is 2. The number of amides is 2. The van der Waals surface area contributed by atoms with Crippen LogP contribution in [0.1, 0.15) is 57.7 Å². The molecule has 11 nitrogen and oxygen atoms in total. The largest absolute Gasteiger partial charge is 0.490 e. The molecule has 44 heavy (non-hydrogen) atoms. The van der Waals surface area contributed by atoms with Crippen molar-refractivity contribution in [3.05, 3.63) is 89.2 Å². The van der Waals surface area contributed by atoms with Crippen LogP contribution in [-0.2, 0) is 16.6 Å². The Morgan fingerprint density at radius 2 is 1.64 bits per heavy atom. The third kappa shape index (κ3) is 8.55. The first-order chi connectivity index (χ1) is 21.1. The van der Waals surface area contributed by atoms with Gasteiger partial charge in [-0.25, -0.2) is 8.42 Å². The van der Waals surface area contributed by atoms with Crippen molar-refractivity contribution in [2.75, 3.05) is 37.2 Å². The van der Waals surface area contributed by atoms with Crippen molar-refractivity contribution in [3.8, 4) is 11.8 Å². The van der Waals surface area contributed by atoms with Gasteiger partial charge in [0, 0.05) is 63.5 Å². The van der Waals surface area contributed by atoms with Gasteiger partial charge < -0.3 is 15.0 Å². The molecule has 0 aliphatic carbocycles. The van der Waals surface area contributed by atoms with Gasteiger partial charge in [-0.3, -0.25) is 24.2 Å². The minimum atomic E-state index is -3.30. The number of nitriles is 1. The number of piperidine rings is 2. The maximum absolute atomic E-state index is 13.0. The van der Waals surface area contributed by atoms with Crippen LogP contribution in [0.4, 0.5) is 5.69 Å². The molecular weight excluding hydrogens is 580 g/mol. The van der Waals surface area contributed by atoms with E-state index in [2.05, 4.69) is 26.0 Å². The monoisotopic (exact) mass is 616 g/mol. The van der Waals surface area contributed by atoms with Crippen molar-refractivity contribution in [2.24, 2.45) is 0 Å². The van der Waals surface area contributed by atoms with Crippen LogP contribution in [0.2, 0.25) is 0 Å². The quantitative estimate of drug-likeness (QED) is 0.372. The number of anilines is 1. The van der Waals surface area contributed by atoms with E-state index in [1.807, 2.05) is 12.1 Å². The Hall–Kier alpha value is -4.47. The van der Waals surface area contributed by atoms with Crippen molar-refractivity contribution in [2.45, 2.75) is 44.4 Å². The average molecular weight is 617 g/mol. The lowest BCUT2D eigenvalue weighted by atomic mass is 10.0. The number of hydrogen-bond donors (Lipinski definition) is 2. The molecule has 2 aliphatic heterocycles. The van der Waals surface area contributed by atoms with E-state index in [4.69, 9.17) is 10.00 Å². The molecule has 0 unspecified atom stereocenters. The van der Waals surface area contributed by atoms with Crippen molar-refractivity contribution in [1.29, 1.82) is 5.26 Å². The first-order valence-electron chi connectivity index (χ1n) is 14.7. The van der Waals surface area contributed by atoms with Crippen LogP contribution < -0.4 is 14.8 Å². The van der Waals surface area contributed by atoms with Crippen LogP contribution in [0.25, 0.3) is 0 Å². The fraction of sp³-hybridized carbons (Fsp3) is 0.375. The summed E-state index contributed by atoms with van der Waals surface area (Å²) >= 11 is 0. The summed E-state index contributed by atoms with van der Waals surface area (Å²) in [4.78, 5) is 34.3. The Kier molecular flexibility index (Phi) is 9.77. The number of likely N-dealkylation sites (tertiary alicyclic amines) is 2. The molecule has 2 amide bonds. The average Bonchev–Trinajstić information content (AvgIpc) is 3.03. The molecular formula is C32H36N6O5S. The van der Waals surface area contributed by atoms with Gasteiger partial charge >= 0.3 is 0 Å². The molecule has 2 saturated heterocycles. The molecule has 12 heteroatoms. The standard InChI is InChI=1S/C32H36N6O5S/c1-44(41,42)36-27-7-2-24(3-8-27)22-37-16-12-26(13-17-37)35-31(39)25-6-11-30(34-21-25)32(40)38-18-14-29(15-19-38)43-28-9-4-23(20-33)5-10-28/h2-11,21,26,29,36H,12-19,22H2,1H3,(H,35,39). The van der Waals surface area contributed by atoms with Crippen molar-refractivity contribution in [1.82, 2.24) is 20.1 Å². The van der Waals surface area contributed by atoms with E-state index in [1.165, 1.54) is 6.20 Å². The minimum Gasteiger partial charge on any atom is -0.490 e. The molecule has 5 rings (SSSR count). The molecule has 0 bridgehead atoms. The van der Waals surface area contributed by atoms with E-state index in [1.54, 1.807) is 53.4 Å². The number of carbonyl (C=O) groups is 2. The fourth-order valence-electron chi connectivity index (χ4n) is 5.45. The van der Waals surface area contributed by atoms with Crippen LogP contribution >= 0.6 is 0 Å². The van der Waals surface area contributed by atoms with Gasteiger partial charge in [0.25, 0.3) is 11.8 Å². The molecule has 230 valence electrons. The lowest BCUT2D eigenvalue weighted by Gasteiger charge is -2.32. The van der Waals surface area contributed by atoms with Crippen LogP contribution in [0.5, 0.6) is 5.75 Å². The Balaban J connectivity index is 1.04. The lowest BCUT2D eigenvalue weighted by molar-refractivity contribution is 0.0589. The summed E-state index contributed by atoms with van der Waals surface area (Å²) in [7, 11) is -3.30. The van der Waals surface area contributed by atoms with Gasteiger partial charge in [-0.2, -0.15) is 5.26 Å². The number of pyridine rings is 1. The first-order valence-corrected chi connectivity index (χ1v) is 16.6. The molecule has 2 aromatic carbocycles. The molecule has 0 saturated carbocycles. The van der Waals surface area contributed by atoms with Gasteiger partial charge in [0.15, 0.2) is 0 Å². The topological polar surface area (TPSA) is 145 Å². The molecule has 3 heterocycles. The van der Waals surface area contributed by atoms with Crippen molar-refractivity contribution >= 4 is 27.5 Å². The van der Waals surface area contributed by atoms with Crippen LogP contribution in [0.15, 0.2) is 66.9 Å². The van der Waals surface area contributed by atoms with Crippen molar-refractivity contribution in [3.63, 3.8) is 0 Å². The SMILES string of the molecule is CS(=O)(=O)Nc1ccc(CN2CCC(NC(=O)c3ccc(C(=O)N4CCC(Oc5ccc(C#N)cc5)CC4)nc3)CC2)cc1. The number of sulfonamides is 1. The molecule has 1 aromatic heterocycles. The number of rotatable bonds is 9. The molecule has 0 spiro atoms. The molecule has 0 atom stereocenters. The highest BCUT2D eigenvalue weighted by molar-refractivity contribution is 7.92. The summed E-state index contributed by atoms with van der Waals surface area (Å²) in [5.41, 5.74) is 2.94. The van der Waals surface area contributed by atoms with E-state index < -0.39 is 10.0 Å². The molecule has 2 N–H and O–H groups in total. The number of hydrogen-bond acceptors (Lipinski definition) is 8. The van der Waals surface area contributed by atoms with Crippen LogP contribution in [0.3, 0.4) is 0 Å². The van der Waals surface area contributed by atoms with E-state index >= 15 is 0 Å². The Bertz CT molecular complexity index is 1590. The highest BCUT2D eigenvalue weighted by atomic mass is 32.2. The Morgan fingerprint density at radius 1 is 0.955 bits per heavy atom. The zero-order valence-electron chi connectivity index (χ0n) is 24.6. The maximum Gasteiger partial charge on any atom is 0.272 e. The Morgan fingerprint density at radius 3 is 2.23 bits per heavy atom. The molecule has 3 aromatic rings. The predicted molar refractivity (Wildman–Crippen MR) is 166 cm³/mol. The second-order valence-corrected chi connectivity index (χ2v) is 13.0. The number of nitrogens with one attached hydrogen (secondary N) is 2. The van der Waals surface area contributed by atoms with Gasteiger partial charge in [0.1, 0.15) is 17.5 Å². The summed E-state index contributed by atoms with van der Waals surface area (Å²) < 4.78 is 31.3. The van der Waals surface area contributed by atoms with E-state index in [0.29, 0.717) is 54.2 Å². The predicted octanol–water partition coefficient (Wildman–Crippen LogP) is 3.40. The number of ether oxygens (including phenoxy) is 1. The minimum absolute atomic E-state index is 0.00399. The zero-order valence-corrected chi connectivity index (χ0v) is 25.4. The van der Waals surface area contributed by atoms with Gasteiger partial charge in [-0.05, 0) is 66.9 Å². The van der Waals surface area contributed by atoms with Gasteiger partial charge in [0.2, 0.25) is 10.0 Å². The van der Waals surface area contributed by atoms with Gasteiger partial charge in [-0.1, -0.05) is 12.1 Å². The van der Waals surface area contributed by atoms with Gasteiger partial charge in [0.05, 0.1) is 23.5 Å². The third-order valence-electron chi connectivity index (χ3n) is 7.85. The molecule has 2 aliphatic rings. The van der Waals surface area contributed by atoms with Gasteiger partial charge in [-0.15, -0.1) is 0 Å². The van der Waals surface area contributed by atoms with Crippen LogP contribution in [0, 0.1) is 11.3 Å². The van der Waals surface area contributed by atoms with Crippen LogP contribution in [-0.4, -0.2) is 79.6 Å². The zero-order chi connectivity index (χ0) is 31.1. The number of carbonyl (C=O) groups excluding carboxylic acids is 2. The highest BCUT2D eigenvalue weighted by Crippen LogP contribution is 2.21. The second-order valence-electron chi connectivity index (χ2n) is 11.3. The fourth-order valence-corrected chi connectivity index (χ4v) is 6.01. The summed E-state index contributed by atoms with van der Waals surface area (Å²) in [6.07, 6.45) is 5.60. The number of nitrogens with zero attached hydrogens (tertiary/aromatic N) is 4. The number of aromatic nitrogens is 1. The third-order valence-corrected chi connectivity index (χ3v) is 8.45. The molecule has 2 fully saturated rings. The van der Waals surface area contributed by atoms with Crippen molar-refractivity contribution < 1.29 is 22.7 Å². The normalized spacial score (nSPS) is 16.6. The first kappa shape index (κ1) is 31.0. The lowest BCUT2D eigenvalue weighted by Crippen LogP contribution is -2.44. The smallest absolute Gasteiger partial charge is 0.272 e.